The predicted molar refractivity (Wildman–Crippen MR) is 410 cm³/mol. The third-order valence-corrected chi connectivity index (χ3v) is 19.3. The second-order valence-electron chi connectivity index (χ2n) is 29.0. The molecule has 5 aromatic rings. The number of nitrogens with one attached hydrogen (secondary N) is 14. The number of carboxylic acids is 2. The van der Waals surface area contributed by atoms with Gasteiger partial charge in [0.05, 0.1) is 31.5 Å². The Labute approximate surface area is 658 Å². The monoisotopic (exact) mass is 1580 g/mol. The molecule has 17 N–H and O–H groups in total. The van der Waals surface area contributed by atoms with Crippen molar-refractivity contribution in [3.05, 3.63) is 162 Å². The maximum atomic E-state index is 15.3. The highest BCUT2D eigenvalue weighted by Gasteiger charge is 2.42. The number of aliphatic carboxylic acids is 2. The van der Waals surface area contributed by atoms with E-state index in [-0.39, 0.29) is 69.5 Å². The lowest BCUT2D eigenvalue weighted by molar-refractivity contribution is -0.157. The van der Waals surface area contributed by atoms with Gasteiger partial charge in [-0.1, -0.05) is 169 Å². The minimum atomic E-state index is -2.61. The average Bonchev–Trinajstić information content (AvgIpc) is 1.59. The first-order valence-corrected chi connectivity index (χ1v) is 37.7. The summed E-state index contributed by atoms with van der Waals surface area (Å²) in [5.74, 6) is -18.6. The van der Waals surface area contributed by atoms with E-state index in [1.807, 2.05) is 5.32 Å². The molecule has 0 unspecified atom stereocenters. The van der Waals surface area contributed by atoms with E-state index in [1.54, 1.807) is 163 Å². The first-order valence-electron chi connectivity index (χ1n) is 37.7. The van der Waals surface area contributed by atoms with Crippen LogP contribution in [0.15, 0.2) is 134 Å². The zero-order valence-electron chi connectivity index (χ0n) is 64.4. The van der Waals surface area contributed by atoms with E-state index in [0.29, 0.717) is 28.7 Å². The normalized spacial score (nSPS) is 20.5. The van der Waals surface area contributed by atoms with Gasteiger partial charge in [-0.3, -0.25) is 67.1 Å². The number of carbonyl (C=O) groups excluding carboxylic acids is 14. The van der Waals surface area contributed by atoms with Crippen LogP contribution in [0.5, 0.6) is 0 Å². The highest BCUT2D eigenvalue weighted by atomic mass is 16.4. The van der Waals surface area contributed by atoms with Gasteiger partial charge < -0.3 is 94.3 Å². The number of benzene rings is 4. The molecule has 0 spiro atoms. The Bertz CT molecular complexity index is 4180. The predicted octanol–water partition coefficient (Wildman–Crippen LogP) is -1.82. The van der Waals surface area contributed by atoms with Crippen molar-refractivity contribution in [2.45, 2.75) is 191 Å². The van der Waals surface area contributed by atoms with Crippen molar-refractivity contribution in [2.75, 3.05) is 19.6 Å². The number of carboxylic acid groups (broad SMARTS) is 2. The number of aliphatic hydroxyl groups excluding tert-OH is 1. The number of nitrogens with zero attached hydrogens (tertiary/aromatic N) is 2. The SMILES string of the molecule is CC[C@H](C)[C@H](NC(=O)[C@H](Cc1ccccc1)NC(=O)[C@H](Cc1ccccc1)NC(=O)[C@H]1CC(=O)NCC(=O)N[C@@H](C(C)C)C(=O)NCC(=O)N[C@@H](Cc2ccccc2)C(=O)N2CCC[C@H]2C(=O)N[C@@H](CC(C)C)C(=O)N[C@H](C)C(=O)N1)C(=O)N[C@@H](Cc1c[nH]cn1)C(=O)N[C@@H](Cc1ccccc1)C(=O)N[C@H](C(=O)O)[C@H](O)C(=O)O. The van der Waals surface area contributed by atoms with Gasteiger partial charge in [0, 0.05) is 44.8 Å². The van der Waals surface area contributed by atoms with Crippen LogP contribution in [-0.2, 0) is 109 Å². The van der Waals surface area contributed by atoms with Crippen LogP contribution in [0.1, 0.15) is 109 Å². The van der Waals surface area contributed by atoms with Gasteiger partial charge in [0.2, 0.25) is 82.7 Å². The number of fused-ring (bicyclic) bond motifs is 1. The van der Waals surface area contributed by atoms with E-state index >= 15 is 14.4 Å². The van der Waals surface area contributed by atoms with Gasteiger partial charge in [0.25, 0.3) is 0 Å². The van der Waals surface area contributed by atoms with Crippen molar-refractivity contribution in [1.29, 1.82) is 0 Å². The average molecular weight is 1580 g/mol. The molecule has 114 heavy (non-hydrogen) atoms. The van der Waals surface area contributed by atoms with Crippen molar-refractivity contribution in [3.8, 4) is 0 Å². The zero-order valence-corrected chi connectivity index (χ0v) is 64.4. The smallest absolute Gasteiger partial charge is 0.335 e. The Morgan fingerprint density at radius 3 is 1.51 bits per heavy atom. The van der Waals surface area contributed by atoms with Gasteiger partial charge in [-0.25, -0.2) is 14.6 Å². The van der Waals surface area contributed by atoms with Crippen LogP contribution in [0.4, 0.5) is 0 Å². The molecule has 1 aromatic heterocycles. The first kappa shape index (κ1) is 88.8. The molecule has 2 aliphatic heterocycles. The molecule has 14 atom stereocenters. The fourth-order valence-electron chi connectivity index (χ4n) is 12.8. The van der Waals surface area contributed by atoms with E-state index in [4.69, 9.17) is 0 Å². The molecule has 35 heteroatoms. The molecular formula is C79H102N16O19. The Morgan fingerprint density at radius 2 is 1.01 bits per heavy atom. The third-order valence-electron chi connectivity index (χ3n) is 19.3. The highest BCUT2D eigenvalue weighted by Crippen LogP contribution is 2.22. The van der Waals surface area contributed by atoms with E-state index in [9.17, 15) is 77.6 Å². The quantitative estimate of drug-likeness (QED) is 0.0241. The summed E-state index contributed by atoms with van der Waals surface area (Å²) in [5, 5.41) is 62.7. The number of carbonyl (C=O) groups is 16. The van der Waals surface area contributed by atoms with Crippen molar-refractivity contribution in [1.82, 2.24) is 84.0 Å². The Morgan fingerprint density at radius 1 is 0.518 bits per heavy atom. The van der Waals surface area contributed by atoms with Crippen LogP contribution in [0.2, 0.25) is 0 Å². The fraction of sp³-hybridized carbons (Fsp3) is 0.456. The molecule has 0 radical (unpaired) electrons. The lowest BCUT2D eigenvalue weighted by Crippen LogP contribution is -2.62. The van der Waals surface area contributed by atoms with E-state index in [0.717, 1.165) is 0 Å². The van der Waals surface area contributed by atoms with Crippen LogP contribution < -0.4 is 69.1 Å². The number of amides is 14. The topological polar surface area (TPSA) is 522 Å². The van der Waals surface area contributed by atoms with E-state index in [2.05, 4.69) is 73.8 Å². The minimum absolute atomic E-state index is 0.0117. The number of hydrogen-bond acceptors (Lipinski definition) is 18. The van der Waals surface area contributed by atoms with Crippen LogP contribution in [0, 0.1) is 17.8 Å². The van der Waals surface area contributed by atoms with Crippen LogP contribution >= 0.6 is 0 Å². The summed E-state index contributed by atoms with van der Waals surface area (Å²) in [6.07, 6.45) is -1.32. The Balaban J connectivity index is 1.17. The van der Waals surface area contributed by atoms with Crippen LogP contribution in [-0.4, -0.2) is 223 Å². The lowest BCUT2D eigenvalue weighted by Gasteiger charge is -2.30. The summed E-state index contributed by atoms with van der Waals surface area (Å²) in [5.41, 5.74) is 2.26. The standard InChI is InChI=1S/C79H102N16O19/c1-8-45(6)64(76(109)91-56(37-51-39-80-42-83-51)70(103)89-55(35-49-26-17-11-18-27-49)73(106)94-65(78(111)112)66(99)79(113)114)93-72(105)54(34-48-24-15-10-16-25-48)88-69(102)53(33-47-22-13-9-14-23-47)87-71(104)57-38-60(96)81-40-62(98)92-63(44(4)5)75(108)82-41-61(97)85-58(36-50-28-19-12-20-29-50)77(110)95-31-21-30-59(95)74(107)90-52(32-43(2)3)68(101)84-46(7)67(100)86-57/h9-20,22-29,39,42-46,52-59,63-66,99H,8,21,30-38,40-41H2,1-7H3,(H,80,83)(H,81,96)(H,82,108)(H,84,101)(H,85,97)(H,86,100)(H,87,104)(H,88,102)(H,89,103)(H,90,107)(H,91,109)(H,92,98)(H,93,105)(H,94,106)(H,111,112)(H,113,114)/t45-,46+,52-,53-,54-,55-,56-,57+,58-,59-,63-,64-,65-,66-/m0/s1. The molecule has 2 aliphatic rings. The van der Waals surface area contributed by atoms with Crippen molar-refractivity contribution >= 4 is 94.6 Å². The van der Waals surface area contributed by atoms with E-state index in [1.165, 1.54) is 24.3 Å². The van der Waals surface area contributed by atoms with Gasteiger partial charge in [-0.2, -0.15) is 0 Å². The van der Waals surface area contributed by atoms with Gasteiger partial charge in [-0.05, 0) is 66.2 Å². The van der Waals surface area contributed by atoms with Crippen molar-refractivity contribution in [2.24, 2.45) is 17.8 Å². The lowest BCUT2D eigenvalue weighted by atomic mass is 9.96. The highest BCUT2D eigenvalue weighted by molar-refractivity contribution is 6.01. The van der Waals surface area contributed by atoms with Crippen LogP contribution in [0.3, 0.4) is 0 Å². The molecule has 2 fully saturated rings. The molecule has 35 nitrogen and oxygen atoms in total. The third kappa shape index (κ3) is 27.2. The first-order chi connectivity index (χ1) is 54.3. The van der Waals surface area contributed by atoms with Crippen LogP contribution in [0.25, 0.3) is 0 Å². The maximum absolute atomic E-state index is 15.3. The molecule has 0 bridgehead atoms. The van der Waals surface area contributed by atoms with Gasteiger partial charge in [-0.15, -0.1) is 0 Å². The summed E-state index contributed by atoms with van der Waals surface area (Å²) >= 11 is 0. The molecule has 14 amide bonds. The molecular weight excluding hydrogens is 1480 g/mol. The Hall–Kier alpha value is -12.4. The zero-order chi connectivity index (χ0) is 83.3. The summed E-state index contributed by atoms with van der Waals surface area (Å²) < 4.78 is 0. The molecule has 4 aromatic carbocycles. The number of H-pyrrole nitrogens is 1. The number of hydrogen-bond donors (Lipinski definition) is 17. The number of rotatable bonds is 30. The number of aromatic nitrogens is 2. The number of aromatic amines is 1. The summed E-state index contributed by atoms with van der Waals surface area (Å²) in [4.78, 5) is 234. The van der Waals surface area contributed by atoms with Crippen molar-refractivity contribution in [3.63, 3.8) is 0 Å². The van der Waals surface area contributed by atoms with Crippen molar-refractivity contribution < 1.29 is 92.0 Å². The number of aliphatic hydroxyl groups is 1. The minimum Gasteiger partial charge on any atom is -0.480 e. The largest absolute Gasteiger partial charge is 0.480 e. The summed E-state index contributed by atoms with van der Waals surface area (Å²) in [6.45, 7) is 9.99. The Kier molecular flexibility index (Phi) is 33.8. The molecule has 7 rings (SSSR count). The molecule has 0 aliphatic carbocycles. The van der Waals surface area contributed by atoms with Gasteiger partial charge in [0.15, 0.2) is 12.1 Å². The van der Waals surface area contributed by atoms with Gasteiger partial charge in [0.1, 0.15) is 66.5 Å². The molecule has 2 saturated heterocycles. The summed E-state index contributed by atoms with van der Waals surface area (Å²) in [7, 11) is 0. The second-order valence-corrected chi connectivity index (χ2v) is 29.0. The van der Waals surface area contributed by atoms with Gasteiger partial charge >= 0.3 is 11.9 Å². The van der Waals surface area contributed by atoms with E-state index < -0.39 is 205 Å². The fourth-order valence-corrected chi connectivity index (χ4v) is 12.8. The summed E-state index contributed by atoms with van der Waals surface area (Å²) in [6, 6.07) is 14.5. The number of imidazole rings is 1. The molecule has 3 heterocycles. The second kappa shape index (κ2) is 43.4. The maximum Gasteiger partial charge on any atom is 0.335 e. The molecule has 612 valence electrons. The molecule has 0 saturated carbocycles.